The number of hydrogen-bond acceptors (Lipinski definition) is 1. The second kappa shape index (κ2) is 20.6. The Hall–Kier alpha value is -12.3. The van der Waals surface area contributed by atoms with Gasteiger partial charge in [0.25, 0.3) is 0 Å². The Bertz CT molecular complexity index is 6130. The number of fused-ring (bicyclic) bond motifs is 16. The lowest BCUT2D eigenvalue weighted by Crippen LogP contribution is -2.82. The molecule has 0 saturated carbocycles. The topological polar surface area (TPSA) is 23.0 Å². The second-order valence-corrected chi connectivity index (χ2v) is 33.7. The van der Waals surface area contributed by atoms with Gasteiger partial charge < -0.3 is 23.2 Å². The zero-order valence-corrected chi connectivity index (χ0v) is 54.8. The molecule has 7 heteroatoms. The third kappa shape index (κ3) is 7.36. The van der Waals surface area contributed by atoms with Gasteiger partial charge in [-0.2, -0.15) is 0 Å². The van der Waals surface area contributed by atoms with E-state index in [1.165, 1.54) is 146 Å². The minimum absolute atomic E-state index is 1.13. The van der Waals surface area contributed by atoms with E-state index in [4.69, 9.17) is 0 Å². The predicted octanol–water partition coefficient (Wildman–Crippen LogP) is 16.9. The molecule has 6 heterocycles. The van der Waals surface area contributed by atoms with E-state index in [9.17, 15) is 0 Å². The molecular weight excluding hydrogens is 1210 g/mol. The Morgan fingerprint density at radius 2 is 0.474 bits per heavy atom. The third-order valence-electron chi connectivity index (χ3n) is 21.6. The second-order valence-electron chi connectivity index (χ2n) is 26.3. The molecule has 5 nitrogen and oxygen atoms in total. The van der Waals surface area contributed by atoms with Crippen LogP contribution in [-0.2, 0) is 0 Å². The summed E-state index contributed by atoms with van der Waals surface area (Å²) in [5, 5.41) is 20.7. The van der Waals surface area contributed by atoms with E-state index in [0.29, 0.717) is 0 Å². The van der Waals surface area contributed by atoms with Gasteiger partial charge in [-0.1, -0.05) is 249 Å². The molecule has 4 aromatic heterocycles. The van der Waals surface area contributed by atoms with Gasteiger partial charge in [-0.25, -0.2) is 0 Å². The van der Waals surface area contributed by atoms with Crippen molar-refractivity contribution in [2.45, 2.75) is 0 Å². The fourth-order valence-corrected chi connectivity index (χ4v) is 28.3. The number of rotatable bonds is 8. The van der Waals surface area contributed by atoms with Crippen LogP contribution in [0.1, 0.15) is 0 Å². The van der Waals surface area contributed by atoms with Crippen molar-refractivity contribution in [1.29, 1.82) is 0 Å². The molecule has 0 radical (unpaired) electrons. The van der Waals surface area contributed by atoms with E-state index in [2.05, 4.69) is 381 Å². The van der Waals surface area contributed by atoms with Gasteiger partial charge in [0.05, 0.1) is 44.1 Å². The highest BCUT2D eigenvalue weighted by atomic mass is 28.3. The van der Waals surface area contributed by atoms with Crippen molar-refractivity contribution in [3.05, 3.63) is 358 Å². The molecule has 452 valence electrons. The van der Waals surface area contributed by atoms with Crippen LogP contribution in [0.2, 0.25) is 0 Å². The van der Waals surface area contributed by atoms with Crippen molar-refractivity contribution in [1.82, 2.24) is 18.3 Å². The van der Waals surface area contributed by atoms with Crippen LogP contribution in [-0.4, -0.2) is 34.4 Å². The lowest BCUT2D eigenvalue weighted by Gasteiger charge is -2.52. The zero-order chi connectivity index (χ0) is 63.5. The van der Waals surface area contributed by atoms with E-state index in [1.54, 1.807) is 0 Å². The molecule has 19 aromatic rings. The monoisotopic (exact) mass is 1270 g/mol. The van der Waals surface area contributed by atoms with Crippen LogP contribution in [0.25, 0.3) is 110 Å². The molecule has 0 saturated heterocycles. The van der Waals surface area contributed by atoms with E-state index < -0.39 is 16.1 Å². The fraction of sp³-hybridized carbons (Fsp3) is 0. The summed E-state index contributed by atoms with van der Waals surface area (Å²) < 4.78 is 9.99. The summed E-state index contributed by atoms with van der Waals surface area (Å²) in [6.07, 6.45) is 0. The fourth-order valence-electron chi connectivity index (χ4n) is 17.9. The normalized spacial score (nSPS) is 13.7. The minimum atomic E-state index is -3.50. The number of nitrogens with zero attached hydrogens (tertiary/aromatic N) is 5. The maximum Gasteiger partial charge on any atom is 0.184 e. The first-order valence-corrected chi connectivity index (χ1v) is 37.7. The molecule has 0 N–H and O–H groups in total. The molecular formula is C90H59N5Si2. The number of aromatic nitrogens is 4. The van der Waals surface area contributed by atoms with E-state index in [0.717, 1.165) is 22.7 Å². The first kappa shape index (κ1) is 54.2. The summed E-state index contributed by atoms with van der Waals surface area (Å²) in [6, 6.07) is 137. The first-order valence-electron chi connectivity index (χ1n) is 33.7. The number of hydrogen-bond donors (Lipinski definition) is 0. The van der Waals surface area contributed by atoms with Crippen molar-refractivity contribution < 1.29 is 0 Å². The van der Waals surface area contributed by atoms with Crippen LogP contribution >= 0.6 is 0 Å². The SMILES string of the molecule is c1ccc([Si]2(c3ccccc3)c3cc(-n4c5ccccc5c5cc(-n6c7ccccc7c7ccccc76)ccc54)ccc3N3c4ccccc4[Si](c4cccc(-n5c6ccccc6c6ccccc65)c4)(c4cccc(-n5c6ccccc6c6ccccc65)c4)c4cccc2c43)cc1. The molecule has 0 fully saturated rings. The zero-order valence-electron chi connectivity index (χ0n) is 52.8. The van der Waals surface area contributed by atoms with Gasteiger partial charge in [0.15, 0.2) is 16.1 Å². The number of benzene rings is 15. The largest absolute Gasteiger partial charge is 0.311 e. The van der Waals surface area contributed by atoms with Gasteiger partial charge in [-0.15, -0.1) is 0 Å². The molecule has 2 aliphatic rings. The van der Waals surface area contributed by atoms with E-state index >= 15 is 0 Å². The standard InChI is InChI=1S/C90H59N5Si2/c1-3-28-64(29-4-1)96(65-30-5-2-6-31-65)87-50-25-51-88-90(87)95(85-55-53-63(59-89(85)96)94-82-47-20-13-40-74(82)75-58-62(52-54-83(75)94)93-80-45-18-11-38-72(80)73-39-12-19-46-81(73)93)84-48-21-22-49-86(84)97(88,66-32-23-26-60(56-66)91-76-41-14-7-34-68(76)69-35-8-15-42-77(69)91)67-33-24-27-61(57-67)92-78-43-16-9-36-70(78)71-37-10-17-44-79(71)92/h1-59H. The summed E-state index contributed by atoms with van der Waals surface area (Å²) in [5.74, 6) is 0. The third-order valence-corrected chi connectivity index (χ3v) is 31.3. The molecule has 0 unspecified atom stereocenters. The lowest BCUT2D eigenvalue weighted by molar-refractivity contribution is 1.16. The van der Waals surface area contributed by atoms with Gasteiger partial charge >= 0.3 is 0 Å². The van der Waals surface area contributed by atoms with Gasteiger partial charge in [0.1, 0.15) is 0 Å². The molecule has 0 spiro atoms. The van der Waals surface area contributed by atoms with Crippen molar-refractivity contribution in [2.24, 2.45) is 0 Å². The molecule has 0 bridgehead atoms. The highest BCUT2D eigenvalue weighted by Crippen LogP contribution is 2.45. The summed E-state index contributed by atoms with van der Waals surface area (Å²) in [7, 11) is -6.87. The molecule has 0 amide bonds. The summed E-state index contributed by atoms with van der Waals surface area (Å²) in [6.45, 7) is 0. The molecule has 0 atom stereocenters. The Labute approximate surface area is 562 Å². The van der Waals surface area contributed by atoms with Crippen molar-refractivity contribution in [2.75, 3.05) is 4.90 Å². The van der Waals surface area contributed by atoms with Crippen LogP contribution in [0.3, 0.4) is 0 Å². The maximum absolute atomic E-state index is 3.50. The van der Waals surface area contributed by atoms with Crippen molar-refractivity contribution in [3.63, 3.8) is 0 Å². The van der Waals surface area contributed by atoms with Crippen LogP contribution in [0.15, 0.2) is 358 Å². The van der Waals surface area contributed by atoms with E-state index in [1.807, 2.05) is 0 Å². The van der Waals surface area contributed by atoms with Crippen LogP contribution in [0, 0.1) is 0 Å². The highest BCUT2D eigenvalue weighted by Gasteiger charge is 2.56. The number of para-hydroxylation sites is 9. The minimum Gasteiger partial charge on any atom is -0.311 e. The van der Waals surface area contributed by atoms with Crippen LogP contribution < -0.4 is 46.4 Å². The Morgan fingerprint density at radius 1 is 0.175 bits per heavy atom. The summed E-state index contributed by atoms with van der Waals surface area (Å²) >= 11 is 0. The average molecular weight is 1270 g/mol. The smallest absolute Gasteiger partial charge is 0.184 e. The number of anilines is 3. The van der Waals surface area contributed by atoms with Gasteiger partial charge in [0.2, 0.25) is 0 Å². The predicted molar refractivity (Wildman–Crippen MR) is 413 cm³/mol. The highest BCUT2D eigenvalue weighted by molar-refractivity contribution is 7.24. The Morgan fingerprint density at radius 3 is 0.918 bits per heavy atom. The molecule has 97 heavy (non-hydrogen) atoms. The summed E-state index contributed by atoms with van der Waals surface area (Å²) in [5.41, 5.74) is 17.8. The van der Waals surface area contributed by atoms with Crippen LogP contribution in [0.5, 0.6) is 0 Å². The Balaban J connectivity index is 0.858. The first-order chi connectivity index (χ1) is 48.2. The van der Waals surface area contributed by atoms with E-state index in [-0.39, 0.29) is 0 Å². The molecule has 21 rings (SSSR count). The maximum atomic E-state index is 2.71. The van der Waals surface area contributed by atoms with Gasteiger partial charge in [-0.3, -0.25) is 0 Å². The quantitative estimate of drug-likeness (QED) is 0.139. The Kier molecular flexibility index (Phi) is 11.5. The van der Waals surface area contributed by atoms with Gasteiger partial charge in [0, 0.05) is 82.9 Å². The van der Waals surface area contributed by atoms with Crippen molar-refractivity contribution >= 4 is 162 Å². The van der Waals surface area contributed by atoms with Gasteiger partial charge in [-0.05, 0) is 151 Å². The molecule has 0 aliphatic carbocycles. The van der Waals surface area contributed by atoms with Crippen LogP contribution in [0.4, 0.5) is 17.1 Å². The summed E-state index contributed by atoms with van der Waals surface area (Å²) in [4.78, 5) is 2.71. The molecule has 15 aromatic carbocycles. The van der Waals surface area contributed by atoms with Crippen molar-refractivity contribution in [3.8, 4) is 22.7 Å². The lowest BCUT2D eigenvalue weighted by atomic mass is 10.1. The average Bonchev–Trinajstić information content (AvgIpc) is 1.45. The molecule has 2 aliphatic heterocycles.